The fourth-order valence-corrected chi connectivity index (χ4v) is 3.65. The molecule has 1 fully saturated rings. The van der Waals surface area contributed by atoms with Crippen LogP contribution in [0.15, 0.2) is 49.2 Å². The Morgan fingerprint density at radius 3 is 2.53 bits per heavy atom. The zero-order valence-electron chi connectivity index (χ0n) is 18.1. The predicted molar refractivity (Wildman–Crippen MR) is 122 cm³/mol. The van der Waals surface area contributed by atoms with Crippen LogP contribution in [-0.2, 0) is 6.42 Å². The van der Waals surface area contributed by atoms with Crippen LogP contribution in [0.4, 0.5) is 34.8 Å². The normalized spacial score (nSPS) is 12.9. The van der Waals surface area contributed by atoms with Crippen molar-refractivity contribution in [3.8, 4) is 0 Å². The van der Waals surface area contributed by atoms with E-state index in [9.17, 15) is 13.6 Å². The lowest BCUT2D eigenvalue weighted by atomic mass is 9.99. The van der Waals surface area contributed by atoms with Gasteiger partial charge in [-0.15, -0.1) is 6.58 Å². The Balaban J connectivity index is 1.75. The van der Waals surface area contributed by atoms with Gasteiger partial charge in [-0.05, 0) is 59.7 Å². The first-order valence-corrected chi connectivity index (χ1v) is 10.7. The van der Waals surface area contributed by atoms with Gasteiger partial charge in [-0.25, -0.2) is 22.5 Å². The molecule has 2 aromatic carbocycles. The molecule has 1 saturated carbocycles. The summed E-state index contributed by atoms with van der Waals surface area (Å²) in [7, 11) is 0. The second-order valence-electron chi connectivity index (χ2n) is 8.07. The van der Waals surface area contributed by atoms with Crippen LogP contribution < -0.4 is 16.4 Å². The van der Waals surface area contributed by atoms with E-state index in [2.05, 4.69) is 22.2 Å². The molecule has 5 nitrogen and oxygen atoms in total. The summed E-state index contributed by atoms with van der Waals surface area (Å²) in [5, 5.41) is 5.02. The Labute approximate surface area is 193 Å². The van der Waals surface area contributed by atoms with Gasteiger partial charge in [0.15, 0.2) is 23.3 Å². The number of hydrogen-bond acceptors (Lipinski definition) is 4. The van der Waals surface area contributed by atoms with Crippen molar-refractivity contribution in [2.45, 2.75) is 25.2 Å². The Kier molecular flexibility index (Phi) is 6.54. The maximum atomic E-state index is 15.2. The minimum Gasteiger partial charge on any atom is -0.381 e. The predicted octanol–water partition coefficient (Wildman–Crippen LogP) is 5.35. The SMILES string of the molecule is C=CCNC(=O)c1cc(Cc2ccnc(N)c2F)c(F)c(F)c1Nc1ccc(C2CC2)cc1F. The highest BCUT2D eigenvalue weighted by Gasteiger charge is 2.26. The fraction of sp³-hybridized carbons (Fsp3) is 0.200. The number of anilines is 3. The monoisotopic (exact) mass is 470 g/mol. The summed E-state index contributed by atoms with van der Waals surface area (Å²) in [6.07, 6.45) is 4.23. The maximum absolute atomic E-state index is 15.2. The first-order valence-electron chi connectivity index (χ1n) is 10.7. The average molecular weight is 470 g/mol. The highest BCUT2D eigenvalue weighted by atomic mass is 19.2. The third kappa shape index (κ3) is 4.73. The maximum Gasteiger partial charge on any atom is 0.253 e. The molecule has 3 aromatic rings. The van der Waals surface area contributed by atoms with E-state index in [0.717, 1.165) is 24.5 Å². The number of amides is 1. The minimum atomic E-state index is -1.39. The molecule has 1 aromatic heterocycles. The Morgan fingerprint density at radius 1 is 1.09 bits per heavy atom. The lowest BCUT2D eigenvalue weighted by molar-refractivity contribution is 0.0958. The van der Waals surface area contributed by atoms with Crippen molar-refractivity contribution in [3.63, 3.8) is 0 Å². The van der Waals surface area contributed by atoms with E-state index in [-0.39, 0.29) is 41.2 Å². The zero-order chi connectivity index (χ0) is 24.4. The number of rotatable bonds is 8. The summed E-state index contributed by atoms with van der Waals surface area (Å²) < 4.78 is 59.3. The van der Waals surface area contributed by atoms with Gasteiger partial charge in [0.2, 0.25) is 0 Å². The summed E-state index contributed by atoms with van der Waals surface area (Å²) in [6.45, 7) is 3.57. The van der Waals surface area contributed by atoms with Crippen LogP contribution in [0, 0.1) is 23.3 Å². The Hall–Kier alpha value is -3.88. The molecule has 34 heavy (non-hydrogen) atoms. The van der Waals surface area contributed by atoms with Crippen molar-refractivity contribution in [2.75, 3.05) is 17.6 Å². The molecule has 0 bridgehead atoms. The van der Waals surface area contributed by atoms with E-state index in [1.807, 2.05) is 0 Å². The molecule has 1 aliphatic carbocycles. The molecule has 0 unspecified atom stereocenters. The van der Waals surface area contributed by atoms with Gasteiger partial charge in [-0.3, -0.25) is 4.79 Å². The van der Waals surface area contributed by atoms with Crippen LogP contribution >= 0.6 is 0 Å². The van der Waals surface area contributed by atoms with Crippen molar-refractivity contribution >= 4 is 23.1 Å². The smallest absolute Gasteiger partial charge is 0.253 e. The number of benzene rings is 2. The Bertz CT molecular complexity index is 1270. The van der Waals surface area contributed by atoms with Gasteiger partial charge in [-0.1, -0.05) is 12.1 Å². The van der Waals surface area contributed by atoms with Crippen LogP contribution in [0.3, 0.4) is 0 Å². The van der Waals surface area contributed by atoms with E-state index >= 15 is 8.78 Å². The van der Waals surface area contributed by atoms with Crippen molar-refractivity contribution in [1.82, 2.24) is 10.3 Å². The molecule has 0 radical (unpaired) electrons. The fourth-order valence-electron chi connectivity index (χ4n) is 3.65. The first-order chi connectivity index (χ1) is 16.3. The number of pyridine rings is 1. The second-order valence-corrected chi connectivity index (χ2v) is 8.07. The topological polar surface area (TPSA) is 80.0 Å². The van der Waals surface area contributed by atoms with Gasteiger partial charge in [0.1, 0.15) is 5.82 Å². The van der Waals surface area contributed by atoms with Gasteiger partial charge in [0, 0.05) is 19.2 Å². The van der Waals surface area contributed by atoms with Gasteiger partial charge in [0.25, 0.3) is 5.91 Å². The minimum absolute atomic E-state index is 0.0225. The van der Waals surface area contributed by atoms with Crippen LogP contribution in [-0.4, -0.2) is 17.4 Å². The summed E-state index contributed by atoms with van der Waals surface area (Å²) in [4.78, 5) is 16.4. The van der Waals surface area contributed by atoms with Gasteiger partial charge >= 0.3 is 0 Å². The molecule has 1 aliphatic rings. The van der Waals surface area contributed by atoms with Crippen molar-refractivity contribution in [1.29, 1.82) is 0 Å². The van der Waals surface area contributed by atoms with Crippen molar-refractivity contribution in [2.24, 2.45) is 0 Å². The van der Waals surface area contributed by atoms with E-state index in [0.29, 0.717) is 5.92 Å². The van der Waals surface area contributed by atoms with Crippen LogP contribution in [0.1, 0.15) is 45.8 Å². The van der Waals surface area contributed by atoms with E-state index in [1.165, 1.54) is 30.5 Å². The highest BCUT2D eigenvalue weighted by molar-refractivity contribution is 6.00. The number of carbonyl (C=O) groups excluding carboxylic acids is 1. The molecular formula is C25H22F4N4O. The second kappa shape index (κ2) is 9.54. The van der Waals surface area contributed by atoms with E-state index in [4.69, 9.17) is 5.73 Å². The number of aromatic nitrogens is 1. The summed E-state index contributed by atoms with van der Waals surface area (Å²) in [5.41, 5.74) is 5.07. The first kappa shape index (κ1) is 23.3. The summed E-state index contributed by atoms with van der Waals surface area (Å²) >= 11 is 0. The van der Waals surface area contributed by atoms with Crippen molar-refractivity contribution in [3.05, 3.63) is 94.7 Å². The lowest BCUT2D eigenvalue weighted by Gasteiger charge is -2.17. The largest absolute Gasteiger partial charge is 0.381 e. The van der Waals surface area contributed by atoms with Crippen LogP contribution in [0.5, 0.6) is 0 Å². The van der Waals surface area contributed by atoms with Crippen molar-refractivity contribution < 1.29 is 22.4 Å². The molecule has 9 heteroatoms. The lowest BCUT2D eigenvalue weighted by Crippen LogP contribution is -2.25. The summed E-state index contributed by atoms with van der Waals surface area (Å²) in [6, 6.07) is 6.86. The molecule has 1 heterocycles. The molecule has 0 atom stereocenters. The average Bonchev–Trinajstić information content (AvgIpc) is 3.66. The van der Waals surface area contributed by atoms with Gasteiger partial charge in [0.05, 0.1) is 16.9 Å². The number of halogens is 4. The van der Waals surface area contributed by atoms with Crippen LogP contribution in [0.2, 0.25) is 0 Å². The molecule has 1 amide bonds. The van der Waals surface area contributed by atoms with E-state index in [1.54, 1.807) is 6.07 Å². The molecule has 0 spiro atoms. The van der Waals surface area contributed by atoms with Crippen LogP contribution in [0.25, 0.3) is 0 Å². The quantitative estimate of drug-likeness (QED) is 0.306. The molecule has 176 valence electrons. The molecular weight excluding hydrogens is 448 g/mol. The number of nitrogens with zero attached hydrogens (tertiary/aromatic N) is 1. The molecule has 4 rings (SSSR count). The Morgan fingerprint density at radius 2 is 1.85 bits per heavy atom. The zero-order valence-corrected chi connectivity index (χ0v) is 18.1. The number of hydrogen-bond donors (Lipinski definition) is 3. The number of nitrogens with two attached hydrogens (primary N) is 1. The molecule has 0 saturated heterocycles. The number of nitrogen functional groups attached to an aromatic ring is 1. The standard InChI is InChI=1S/C25H22F4N4O/c1-2-8-32-25(34)17-11-16(10-15-7-9-31-24(30)21(15)28)20(27)22(29)23(17)33-19-6-5-14(12-18(19)26)13-3-4-13/h2,5-7,9,11-13,33H,1,3-4,8,10H2,(H2,30,31)(H,32,34). The summed E-state index contributed by atoms with van der Waals surface area (Å²) in [5.74, 6) is -5.03. The highest BCUT2D eigenvalue weighted by Crippen LogP contribution is 2.41. The van der Waals surface area contributed by atoms with E-state index < -0.39 is 34.9 Å². The third-order valence-electron chi connectivity index (χ3n) is 5.61. The molecule has 0 aliphatic heterocycles. The third-order valence-corrected chi connectivity index (χ3v) is 5.61. The van der Waals surface area contributed by atoms with Gasteiger partial charge < -0.3 is 16.4 Å². The number of nitrogens with one attached hydrogen (secondary N) is 2. The van der Waals surface area contributed by atoms with Gasteiger partial charge in [-0.2, -0.15) is 0 Å². The number of carbonyl (C=O) groups is 1. The molecule has 4 N–H and O–H groups in total.